The van der Waals surface area contributed by atoms with Crippen LogP contribution >= 0.6 is 22.6 Å². The Bertz CT molecular complexity index is 300. The Morgan fingerprint density at radius 1 is 1.33 bits per heavy atom. The van der Waals surface area contributed by atoms with Crippen LogP contribution in [0.3, 0.4) is 0 Å². The number of halogens is 1. The third-order valence-corrected chi connectivity index (χ3v) is 5.99. The highest BCUT2D eigenvalue weighted by molar-refractivity contribution is 14.1. The molecule has 1 saturated heterocycles. The standard InChI is InChI=1S/C10H19IO3S/c1-7(2)4-8(3)14-10-6-15(12,13)5-9(10)11/h7-10H,4-6H2,1-3H3. The predicted molar refractivity (Wildman–Crippen MR) is 70.3 cm³/mol. The molecule has 3 nitrogen and oxygen atoms in total. The second-order valence-corrected chi connectivity index (χ2v) is 8.46. The highest BCUT2D eigenvalue weighted by Crippen LogP contribution is 2.25. The van der Waals surface area contributed by atoms with Gasteiger partial charge in [0.15, 0.2) is 9.84 Å². The minimum absolute atomic E-state index is 0.107. The highest BCUT2D eigenvalue weighted by Gasteiger charge is 2.37. The third-order valence-electron chi connectivity index (χ3n) is 2.45. The van der Waals surface area contributed by atoms with Crippen molar-refractivity contribution in [2.24, 2.45) is 5.92 Å². The monoisotopic (exact) mass is 346 g/mol. The lowest BCUT2D eigenvalue weighted by atomic mass is 10.1. The fourth-order valence-electron chi connectivity index (χ4n) is 1.91. The molecule has 1 aliphatic heterocycles. The Hall–Kier alpha value is 0.640. The number of hydrogen-bond donors (Lipinski definition) is 0. The average Bonchev–Trinajstić information content (AvgIpc) is 2.22. The van der Waals surface area contributed by atoms with Crippen LogP contribution in [0.1, 0.15) is 27.2 Å². The molecule has 0 radical (unpaired) electrons. The predicted octanol–water partition coefficient (Wildman–Crippen LogP) is 2.04. The molecule has 90 valence electrons. The minimum atomic E-state index is -2.85. The van der Waals surface area contributed by atoms with Crippen molar-refractivity contribution < 1.29 is 13.2 Å². The van der Waals surface area contributed by atoms with Crippen LogP contribution in [0.4, 0.5) is 0 Å². The first kappa shape index (κ1) is 13.7. The Morgan fingerprint density at radius 2 is 1.93 bits per heavy atom. The van der Waals surface area contributed by atoms with Crippen molar-refractivity contribution in [1.82, 2.24) is 0 Å². The smallest absolute Gasteiger partial charge is 0.154 e. The molecule has 1 fully saturated rings. The van der Waals surface area contributed by atoms with Crippen molar-refractivity contribution in [3.8, 4) is 0 Å². The second kappa shape index (κ2) is 5.31. The van der Waals surface area contributed by atoms with E-state index in [0.29, 0.717) is 5.92 Å². The zero-order valence-electron chi connectivity index (χ0n) is 9.44. The molecule has 1 aliphatic rings. The molecule has 3 unspecified atom stereocenters. The van der Waals surface area contributed by atoms with Crippen LogP contribution in [0.25, 0.3) is 0 Å². The van der Waals surface area contributed by atoms with Crippen molar-refractivity contribution in [2.75, 3.05) is 11.5 Å². The number of hydrogen-bond acceptors (Lipinski definition) is 3. The van der Waals surface area contributed by atoms with Gasteiger partial charge in [-0.2, -0.15) is 0 Å². The summed E-state index contributed by atoms with van der Waals surface area (Å²) in [5, 5.41) is 0. The molecular formula is C10H19IO3S. The molecule has 0 spiro atoms. The first-order valence-electron chi connectivity index (χ1n) is 5.30. The van der Waals surface area contributed by atoms with Crippen LogP contribution in [0.2, 0.25) is 0 Å². The van der Waals surface area contributed by atoms with Gasteiger partial charge in [-0.05, 0) is 19.3 Å². The summed E-state index contributed by atoms with van der Waals surface area (Å²) in [7, 11) is -2.85. The molecule has 15 heavy (non-hydrogen) atoms. The van der Waals surface area contributed by atoms with E-state index < -0.39 is 9.84 Å². The van der Waals surface area contributed by atoms with Crippen molar-refractivity contribution in [3.63, 3.8) is 0 Å². The molecule has 0 aromatic heterocycles. The van der Waals surface area contributed by atoms with Crippen LogP contribution in [0.5, 0.6) is 0 Å². The number of alkyl halides is 1. The largest absolute Gasteiger partial charge is 0.373 e. The quantitative estimate of drug-likeness (QED) is 0.578. The molecule has 0 aromatic carbocycles. The molecule has 0 bridgehead atoms. The summed E-state index contributed by atoms with van der Waals surface area (Å²) in [6, 6.07) is 0. The molecular weight excluding hydrogens is 327 g/mol. The van der Waals surface area contributed by atoms with Crippen LogP contribution < -0.4 is 0 Å². The topological polar surface area (TPSA) is 43.4 Å². The normalized spacial score (nSPS) is 32.1. The molecule has 0 N–H and O–H groups in total. The maximum atomic E-state index is 11.4. The zero-order valence-corrected chi connectivity index (χ0v) is 12.4. The van der Waals surface area contributed by atoms with Gasteiger partial charge in [-0.3, -0.25) is 0 Å². The first-order chi connectivity index (χ1) is 6.80. The average molecular weight is 346 g/mol. The Labute approximate surface area is 106 Å². The highest BCUT2D eigenvalue weighted by atomic mass is 127. The summed E-state index contributed by atoms with van der Waals surface area (Å²) in [5.74, 6) is 1.06. The Kier molecular flexibility index (Phi) is 4.85. The third kappa shape index (κ3) is 4.56. The molecule has 3 atom stereocenters. The van der Waals surface area contributed by atoms with Gasteiger partial charge in [0.1, 0.15) is 0 Å². The van der Waals surface area contributed by atoms with Gasteiger partial charge in [-0.1, -0.05) is 36.4 Å². The Balaban J connectivity index is 2.46. The van der Waals surface area contributed by atoms with E-state index in [2.05, 4.69) is 36.4 Å². The summed E-state index contributed by atoms with van der Waals surface area (Å²) in [4.78, 5) is 0. The minimum Gasteiger partial charge on any atom is -0.373 e. The molecule has 1 rings (SSSR count). The SMILES string of the molecule is CC(C)CC(C)OC1CS(=O)(=O)CC1I. The van der Waals surface area contributed by atoms with Gasteiger partial charge in [0.05, 0.1) is 27.6 Å². The maximum Gasteiger partial charge on any atom is 0.154 e. The van der Waals surface area contributed by atoms with Gasteiger partial charge in [-0.25, -0.2) is 8.42 Å². The van der Waals surface area contributed by atoms with Gasteiger partial charge in [0.25, 0.3) is 0 Å². The van der Waals surface area contributed by atoms with E-state index >= 15 is 0 Å². The lowest BCUT2D eigenvalue weighted by molar-refractivity contribution is 0.00684. The number of rotatable bonds is 4. The lowest BCUT2D eigenvalue weighted by Crippen LogP contribution is -2.27. The van der Waals surface area contributed by atoms with Gasteiger partial charge in [-0.15, -0.1) is 0 Å². The van der Waals surface area contributed by atoms with Gasteiger partial charge in [0, 0.05) is 0 Å². The van der Waals surface area contributed by atoms with Crippen LogP contribution in [0.15, 0.2) is 0 Å². The van der Waals surface area contributed by atoms with Crippen molar-refractivity contribution >= 4 is 32.4 Å². The van der Waals surface area contributed by atoms with E-state index in [0.717, 1.165) is 6.42 Å². The lowest BCUT2D eigenvalue weighted by Gasteiger charge is -2.21. The molecule has 1 heterocycles. The summed E-state index contributed by atoms with van der Waals surface area (Å²) < 4.78 is 28.6. The van der Waals surface area contributed by atoms with Crippen molar-refractivity contribution in [3.05, 3.63) is 0 Å². The van der Waals surface area contributed by atoms with E-state index in [-0.39, 0.29) is 27.6 Å². The second-order valence-electron chi connectivity index (χ2n) is 4.71. The molecule has 5 heteroatoms. The number of sulfone groups is 1. The van der Waals surface area contributed by atoms with E-state index in [1.54, 1.807) is 0 Å². The Morgan fingerprint density at radius 3 is 2.33 bits per heavy atom. The summed E-state index contributed by atoms with van der Waals surface area (Å²) in [6.45, 7) is 6.31. The van der Waals surface area contributed by atoms with Gasteiger partial charge >= 0.3 is 0 Å². The number of ether oxygens (including phenoxy) is 1. The van der Waals surface area contributed by atoms with Crippen LogP contribution in [0, 0.1) is 5.92 Å². The maximum absolute atomic E-state index is 11.4. The molecule has 0 aliphatic carbocycles. The summed E-state index contributed by atoms with van der Waals surface area (Å²) in [5.41, 5.74) is 0. The first-order valence-corrected chi connectivity index (χ1v) is 8.37. The van der Waals surface area contributed by atoms with E-state index in [9.17, 15) is 8.42 Å². The van der Waals surface area contributed by atoms with Gasteiger partial charge in [0.2, 0.25) is 0 Å². The summed E-state index contributed by atoms with van der Waals surface area (Å²) in [6.07, 6.45) is 1.03. The molecule has 0 aromatic rings. The fourth-order valence-corrected chi connectivity index (χ4v) is 5.97. The van der Waals surface area contributed by atoms with Crippen LogP contribution in [-0.2, 0) is 14.6 Å². The summed E-state index contributed by atoms with van der Waals surface area (Å²) >= 11 is 2.18. The van der Waals surface area contributed by atoms with Crippen molar-refractivity contribution in [2.45, 2.75) is 43.3 Å². The molecule has 0 amide bonds. The van der Waals surface area contributed by atoms with E-state index in [4.69, 9.17) is 4.74 Å². The zero-order chi connectivity index (χ0) is 11.6. The van der Waals surface area contributed by atoms with E-state index in [1.807, 2.05) is 6.92 Å². The fraction of sp³-hybridized carbons (Fsp3) is 1.00. The van der Waals surface area contributed by atoms with E-state index in [1.165, 1.54) is 0 Å². The van der Waals surface area contributed by atoms with Crippen molar-refractivity contribution in [1.29, 1.82) is 0 Å². The molecule has 0 saturated carbocycles. The van der Waals surface area contributed by atoms with Gasteiger partial charge < -0.3 is 4.74 Å². The van der Waals surface area contributed by atoms with Crippen LogP contribution in [-0.4, -0.2) is 36.1 Å².